The Morgan fingerprint density at radius 1 is 1.08 bits per heavy atom. The van der Waals surface area contributed by atoms with Crippen LogP contribution >= 0.6 is 11.3 Å². The second-order valence-corrected chi connectivity index (χ2v) is 9.14. The van der Waals surface area contributed by atoms with Crippen LogP contribution in [0.1, 0.15) is 23.7 Å². The fourth-order valence-electron chi connectivity index (χ4n) is 2.38. The molecule has 0 radical (unpaired) electrons. The third-order valence-electron chi connectivity index (χ3n) is 3.89. The first-order valence-corrected chi connectivity index (χ1v) is 10.3. The average molecular weight is 378 g/mol. The molecule has 3 rings (SSSR count). The molecule has 0 bridgehead atoms. The van der Waals surface area contributed by atoms with Crippen molar-refractivity contribution in [2.24, 2.45) is 0 Å². The Morgan fingerprint density at radius 2 is 1.80 bits per heavy atom. The van der Waals surface area contributed by atoms with Gasteiger partial charge in [0.05, 0.1) is 0 Å². The summed E-state index contributed by atoms with van der Waals surface area (Å²) >= 11 is 1.13. The summed E-state index contributed by atoms with van der Waals surface area (Å²) in [5, 5.41) is 5.78. The Hall–Kier alpha value is -2.19. The number of carbonyl (C=O) groups excluding carboxylic acids is 2. The van der Waals surface area contributed by atoms with Gasteiger partial charge in [0.1, 0.15) is 9.46 Å². The summed E-state index contributed by atoms with van der Waals surface area (Å²) in [6.07, 6.45) is 1.75. The molecule has 25 heavy (non-hydrogen) atoms. The molecule has 0 unspecified atom stereocenters. The van der Waals surface area contributed by atoms with Gasteiger partial charge in [-0.15, -0.1) is 11.3 Å². The van der Waals surface area contributed by atoms with Crippen molar-refractivity contribution in [3.63, 3.8) is 0 Å². The lowest BCUT2D eigenvalue weighted by Gasteiger charge is -2.18. The molecule has 1 aromatic carbocycles. The Bertz CT molecular complexity index is 844. The number of thiophene rings is 1. The van der Waals surface area contributed by atoms with E-state index in [4.69, 9.17) is 0 Å². The third-order valence-corrected chi connectivity index (χ3v) is 7.42. The molecule has 0 aliphatic heterocycles. The van der Waals surface area contributed by atoms with Crippen LogP contribution in [-0.2, 0) is 19.4 Å². The van der Waals surface area contributed by atoms with Crippen LogP contribution < -0.4 is 10.6 Å². The van der Waals surface area contributed by atoms with E-state index in [2.05, 4.69) is 10.6 Å². The van der Waals surface area contributed by atoms with Crippen LogP contribution in [0.4, 0.5) is 0 Å². The fourth-order valence-corrected chi connectivity index (χ4v) is 5.25. The molecular formula is C17H18N2O4S2. The lowest BCUT2D eigenvalue weighted by atomic mass is 10.1. The minimum absolute atomic E-state index is 0.0676. The largest absolute Gasteiger partial charge is 0.346 e. The quantitative estimate of drug-likeness (QED) is 0.748. The molecule has 6 nitrogen and oxygen atoms in total. The summed E-state index contributed by atoms with van der Waals surface area (Å²) in [4.78, 5) is 23.7. The molecular weight excluding hydrogens is 360 g/mol. The zero-order chi connectivity index (χ0) is 17.9. The standard InChI is InChI=1S/C17H18N2O4S2/c20-16(17(21)19-13-8-9-13)18-11-14(12-5-2-1-3-6-12)25(22,23)15-7-4-10-24-15/h1-7,10,13-14H,8-9,11H2,(H,18,20)(H,19,21)/t14-/m0/s1. The van der Waals surface area contributed by atoms with E-state index >= 15 is 0 Å². The molecule has 1 fully saturated rings. The van der Waals surface area contributed by atoms with Crippen LogP contribution in [0.3, 0.4) is 0 Å². The van der Waals surface area contributed by atoms with E-state index in [0.717, 1.165) is 24.2 Å². The first-order chi connectivity index (χ1) is 12.0. The SMILES string of the molecule is O=C(NC[C@@H](c1ccccc1)S(=O)(=O)c1cccs1)C(=O)NC1CC1. The average Bonchev–Trinajstić information content (AvgIpc) is 3.23. The zero-order valence-electron chi connectivity index (χ0n) is 13.3. The number of carbonyl (C=O) groups is 2. The minimum Gasteiger partial charge on any atom is -0.346 e. The maximum Gasteiger partial charge on any atom is 0.309 e. The lowest BCUT2D eigenvalue weighted by Crippen LogP contribution is -2.43. The molecule has 2 aromatic rings. The minimum atomic E-state index is -3.67. The summed E-state index contributed by atoms with van der Waals surface area (Å²) in [5.74, 6) is -1.53. The van der Waals surface area contributed by atoms with E-state index in [0.29, 0.717) is 5.56 Å². The summed E-state index contributed by atoms with van der Waals surface area (Å²) in [7, 11) is -3.67. The maximum atomic E-state index is 12.9. The van der Waals surface area contributed by atoms with Crippen LogP contribution in [0.15, 0.2) is 52.1 Å². The van der Waals surface area contributed by atoms with E-state index in [1.807, 2.05) is 0 Å². The number of hydrogen-bond acceptors (Lipinski definition) is 5. The Kier molecular flexibility index (Phi) is 5.19. The van der Waals surface area contributed by atoms with Crippen molar-refractivity contribution in [3.05, 3.63) is 53.4 Å². The molecule has 2 amide bonds. The number of amides is 2. The highest BCUT2D eigenvalue weighted by atomic mass is 32.2. The molecule has 8 heteroatoms. The molecule has 1 aromatic heterocycles. The van der Waals surface area contributed by atoms with Crippen LogP contribution in [0.25, 0.3) is 0 Å². The van der Waals surface area contributed by atoms with E-state index in [1.54, 1.807) is 41.8 Å². The smallest absolute Gasteiger partial charge is 0.309 e. The Labute approximate surface area is 150 Å². The van der Waals surface area contributed by atoms with Gasteiger partial charge in [0.2, 0.25) is 0 Å². The van der Waals surface area contributed by atoms with Gasteiger partial charge in [0.15, 0.2) is 9.84 Å². The van der Waals surface area contributed by atoms with E-state index < -0.39 is 26.9 Å². The van der Waals surface area contributed by atoms with Gasteiger partial charge in [-0.1, -0.05) is 36.4 Å². The van der Waals surface area contributed by atoms with E-state index in [9.17, 15) is 18.0 Å². The van der Waals surface area contributed by atoms with Gasteiger partial charge < -0.3 is 10.6 Å². The number of nitrogens with one attached hydrogen (secondary N) is 2. The van der Waals surface area contributed by atoms with Gasteiger partial charge >= 0.3 is 11.8 Å². The van der Waals surface area contributed by atoms with Gasteiger partial charge in [-0.2, -0.15) is 0 Å². The van der Waals surface area contributed by atoms with Gasteiger partial charge in [-0.3, -0.25) is 9.59 Å². The predicted molar refractivity (Wildman–Crippen MR) is 94.9 cm³/mol. The summed E-state index contributed by atoms with van der Waals surface area (Å²) in [6, 6.07) is 12.0. The van der Waals surface area contributed by atoms with Gasteiger partial charge in [0.25, 0.3) is 0 Å². The zero-order valence-corrected chi connectivity index (χ0v) is 15.0. The van der Waals surface area contributed by atoms with Gasteiger partial charge in [0, 0.05) is 12.6 Å². The van der Waals surface area contributed by atoms with E-state index in [1.165, 1.54) is 6.07 Å². The van der Waals surface area contributed by atoms with Crippen molar-refractivity contribution in [1.82, 2.24) is 10.6 Å². The molecule has 132 valence electrons. The molecule has 0 saturated heterocycles. The van der Waals surface area contributed by atoms with Gasteiger partial charge in [-0.25, -0.2) is 8.42 Å². The fraction of sp³-hybridized carbons (Fsp3) is 0.294. The van der Waals surface area contributed by atoms with Crippen LogP contribution in [0, 0.1) is 0 Å². The maximum absolute atomic E-state index is 12.9. The summed E-state index contributed by atoms with van der Waals surface area (Å²) < 4.78 is 26.1. The first kappa shape index (κ1) is 17.6. The molecule has 1 saturated carbocycles. The number of rotatable bonds is 6. The van der Waals surface area contributed by atoms with Crippen molar-refractivity contribution >= 4 is 33.0 Å². The second-order valence-electron chi connectivity index (χ2n) is 5.83. The topological polar surface area (TPSA) is 92.3 Å². The summed E-state index contributed by atoms with van der Waals surface area (Å²) in [6.45, 7) is -0.166. The Balaban J connectivity index is 1.77. The highest BCUT2D eigenvalue weighted by Gasteiger charge is 2.32. The normalized spacial score (nSPS) is 15.4. The van der Waals surface area contributed by atoms with Crippen molar-refractivity contribution in [3.8, 4) is 0 Å². The highest BCUT2D eigenvalue weighted by molar-refractivity contribution is 7.93. The van der Waals surface area contributed by atoms with Gasteiger partial charge in [-0.05, 0) is 29.9 Å². The third kappa shape index (κ3) is 4.26. The first-order valence-electron chi connectivity index (χ1n) is 7.89. The molecule has 1 aliphatic rings. The number of hydrogen-bond donors (Lipinski definition) is 2. The lowest BCUT2D eigenvalue weighted by molar-refractivity contribution is -0.139. The van der Waals surface area contributed by atoms with Crippen LogP contribution in [0.5, 0.6) is 0 Å². The van der Waals surface area contributed by atoms with E-state index in [-0.39, 0.29) is 16.8 Å². The number of sulfone groups is 1. The van der Waals surface area contributed by atoms with Crippen molar-refractivity contribution in [2.75, 3.05) is 6.54 Å². The molecule has 1 heterocycles. The molecule has 0 spiro atoms. The number of benzene rings is 1. The molecule has 1 atom stereocenters. The highest BCUT2D eigenvalue weighted by Crippen LogP contribution is 2.31. The van der Waals surface area contributed by atoms with Crippen LogP contribution in [-0.4, -0.2) is 32.8 Å². The monoisotopic (exact) mass is 378 g/mol. The molecule has 1 aliphatic carbocycles. The van der Waals surface area contributed by atoms with Crippen molar-refractivity contribution < 1.29 is 18.0 Å². The predicted octanol–water partition coefficient (Wildman–Crippen LogP) is 1.66. The van der Waals surface area contributed by atoms with Crippen molar-refractivity contribution in [2.45, 2.75) is 28.3 Å². The molecule has 2 N–H and O–H groups in total. The van der Waals surface area contributed by atoms with Crippen LogP contribution in [0.2, 0.25) is 0 Å². The Morgan fingerprint density at radius 3 is 2.40 bits per heavy atom. The van der Waals surface area contributed by atoms with Crippen molar-refractivity contribution in [1.29, 1.82) is 0 Å². The summed E-state index contributed by atoms with van der Waals surface area (Å²) in [5.41, 5.74) is 0.568. The second kappa shape index (κ2) is 7.37.